The second kappa shape index (κ2) is 7.35. The van der Waals surface area contributed by atoms with Gasteiger partial charge in [0.05, 0.1) is 11.3 Å². The summed E-state index contributed by atoms with van der Waals surface area (Å²) in [5, 5.41) is 6.31. The fraction of sp³-hybridized carbons (Fsp3) is 0.579. The summed E-state index contributed by atoms with van der Waals surface area (Å²) in [4.78, 5) is 26.6. The van der Waals surface area contributed by atoms with Crippen molar-refractivity contribution in [3.05, 3.63) is 29.3 Å². The first-order valence-corrected chi connectivity index (χ1v) is 9.55. The van der Waals surface area contributed by atoms with E-state index in [0.29, 0.717) is 31.1 Å². The molecule has 142 valence electrons. The van der Waals surface area contributed by atoms with Crippen LogP contribution in [0.1, 0.15) is 49.0 Å². The number of likely N-dealkylation sites (tertiary alicyclic amines) is 1. The number of carbonyl (C=O) groups is 2. The first-order chi connectivity index (χ1) is 12.3. The van der Waals surface area contributed by atoms with Gasteiger partial charge in [0, 0.05) is 37.5 Å². The lowest BCUT2D eigenvalue weighted by molar-refractivity contribution is 0.0195. The van der Waals surface area contributed by atoms with E-state index in [1.807, 2.05) is 39.0 Å². The van der Waals surface area contributed by atoms with Crippen LogP contribution in [0.3, 0.4) is 0 Å². The number of hydrogen-bond donors (Lipinski definition) is 2. The Labute approximate surface area is 159 Å². The third kappa shape index (κ3) is 3.90. The van der Waals surface area contributed by atoms with E-state index in [2.05, 4.69) is 10.6 Å². The van der Waals surface area contributed by atoms with E-state index >= 15 is 0 Å². The first kappa shape index (κ1) is 18.8. The third-order valence-corrected chi connectivity index (χ3v) is 4.90. The molecule has 2 aliphatic rings. The van der Waals surface area contributed by atoms with E-state index in [0.717, 1.165) is 17.7 Å². The minimum Gasteiger partial charge on any atom is -0.444 e. The lowest BCUT2D eigenvalue weighted by Crippen LogP contribution is -2.46. The molecule has 0 radical (unpaired) electrons. The number of para-hydroxylation sites is 1. The van der Waals surface area contributed by atoms with Crippen molar-refractivity contribution in [3.63, 3.8) is 0 Å². The molecule has 2 amide bonds. The van der Waals surface area contributed by atoms with Crippen LogP contribution in [0.2, 0.25) is 0 Å². The Hall–Kier alpha value is -1.95. The number of rotatable bonds is 3. The lowest BCUT2D eigenvalue weighted by Gasteiger charge is -2.36. The Morgan fingerprint density at radius 1 is 1.38 bits per heavy atom. The summed E-state index contributed by atoms with van der Waals surface area (Å²) in [5.74, 6) is 0.411. The Kier molecular flexibility index (Phi) is 5.32. The molecular formula is C19H26ClN3O3. The summed E-state index contributed by atoms with van der Waals surface area (Å²) in [6, 6.07) is 5.97. The molecule has 0 unspecified atom stereocenters. The number of piperidine rings is 1. The maximum absolute atomic E-state index is 12.4. The monoisotopic (exact) mass is 379 g/mol. The van der Waals surface area contributed by atoms with Gasteiger partial charge in [-0.3, -0.25) is 4.79 Å². The van der Waals surface area contributed by atoms with Crippen LogP contribution in [0, 0.1) is 0 Å². The number of ether oxygens (including phenoxy) is 1. The average molecular weight is 380 g/mol. The van der Waals surface area contributed by atoms with Crippen LogP contribution < -0.4 is 10.6 Å². The topological polar surface area (TPSA) is 70.7 Å². The van der Waals surface area contributed by atoms with Gasteiger partial charge in [-0.25, -0.2) is 4.79 Å². The van der Waals surface area contributed by atoms with Gasteiger partial charge < -0.3 is 20.3 Å². The Morgan fingerprint density at radius 2 is 2.15 bits per heavy atom. The van der Waals surface area contributed by atoms with Crippen molar-refractivity contribution >= 4 is 29.3 Å². The summed E-state index contributed by atoms with van der Waals surface area (Å²) in [6.07, 6.45) is 0.543. The molecule has 1 aromatic rings. The average Bonchev–Trinajstić information content (AvgIpc) is 2.96. The highest BCUT2D eigenvalue weighted by molar-refractivity contribution is 6.18. The molecule has 0 saturated carbocycles. The van der Waals surface area contributed by atoms with Crippen molar-refractivity contribution in [1.29, 1.82) is 0 Å². The highest BCUT2D eigenvalue weighted by Crippen LogP contribution is 2.42. The zero-order valence-electron chi connectivity index (χ0n) is 15.5. The molecule has 7 heteroatoms. The van der Waals surface area contributed by atoms with Gasteiger partial charge in [-0.2, -0.15) is 0 Å². The van der Waals surface area contributed by atoms with E-state index in [1.54, 1.807) is 4.90 Å². The molecular weight excluding hydrogens is 354 g/mol. The number of hydrogen-bond acceptors (Lipinski definition) is 4. The van der Waals surface area contributed by atoms with Crippen LogP contribution in [0.5, 0.6) is 0 Å². The molecule has 1 aromatic carbocycles. The molecule has 1 saturated heterocycles. The number of amides is 2. The van der Waals surface area contributed by atoms with Crippen LogP contribution >= 0.6 is 11.6 Å². The Morgan fingerprint density at radius 3 is 2.85 bits per heavy atom. The van der Waals surface area contributed by atoms with Gasteiger partial charge in [0.2, 0.25) is 0 Å². The molecule has 0 spiro atoms. The molecule has 0 bridgehead atoms. The predicted molar refractivity (Wildman–Crippen MR) is 102 cm³/mol. The maximum Gasteiger partial charge on any atom is 0.410 e. The molecule has 3 rings (SSSR count). The molecule has 2 aliphatic heterocycles. The Bertz CT molecular complexity index is 702. The molecule has 1 fully saturated rings. The summed E-state index contributed by atoms with van der Waals surface area (Å²) >= 11 is 5.66. The molecule has 0 aromatic heterocycles. The van der Waals surface area contributed by atoms with E-state index in [4.69, 9.17) is 16.3 Å². The number of anilines is 1. The van der Waals surface area contributed by atoms with E-state index < -0.39 is 5.60 Å². The highest BCUT2D eigenvalue weighted by Gasteiger charge is 2.40. The largest absolute Gasteiger partial charge is 0.444 e. The van der Waals surface area contributed by atoms with E-state index in [-0.39, 0.29) is 24.0 Å². The van der Waals surface area contributed by atoms with Gasteiger partial charge in [0.25, 0.3) is 5.91 Å². The van der Waals surface area contributed by atoms with Gasteiger partial charge in [-0.15, -0.1) is 11.6 Å². The van der Waals surface area contributed by atoms with Crippen LogP contribution in [0.4, 0.5) is 10.5 Å². The van der Waals surface area contributed by atoms with Crippen molar-refractivity contribution in [1.82, 2.24) is 10.2 Å². The second-order valence-corrected chi connectivity index (χ2v) is 8.17. The van der Waals surface area contributed by atoms with Crippen LogP contribution in [-0.4, -0.2) is 54.1 Å². The fourth-order valence-electron chi connectivity index (χ4n) is 3.60. The molecule has 6 nitrogen and oxygen atoms in total. The number of carbonyl (C=O) groups excluding carboxylic acids is 2. The summed E-state index contributed by atoms with van der Waals surface area (Å²) in [6.45, 7) is 7.28. The van der Waals surface area contributed by atoms with Gasteiger partial charge in [0.15, 0.2) is 0 Å². The molecule has 26 heavy (non-hydrogen) atoms. The van der Waals surface area contributed by atoms with Crippen molar-refractivity contribution in [3.8, 4) is 0 Å². The fourth-order valence-corrected chi connectivity index (χ4v) is 3.70. The molecule has 2 heterocycles. The van der Waals surface area contributed by atoms with Crippen molar-refractivity contribution in [2.24, 2.45) is 0 Å². The lowest BCUT2D eigenvalue weighted by atomic mass is 9.89. The minimum absolute atomic E-state index is 0.127. The van der Waals surface area contributed by atoms with Gasteiger partial charge in [-0.05, 0) is 38.8 Å². The zero-order valence-corrected chi connectivity index (χ0v) is 16.2. The minimum atomic E-state index is -0.507. The second-order valence-electron chi connectivity index (χ2n) is 7.79. The van der Waals surface area contributed by atoms with E-state index in [9.17, 15) is 9.59 Å². The molecule has 0 aliphatic carbocycles. The van der Waals surface area contributed by atoms with Gasteiger partial charge in [-0.1, -0.05) is 12.1 Å². The maximum atomic E-state index is 12.4. The SMILES string of the molecule is CC(C)(C)OC(=O)N1CC[C@H]2Nc3c(C(=O)NCCCl)cccc3[C@H]2C1. The zero-order chi connectivity index (χ0) is 18.9. The standard InChI is InChI=1S/C19H26ClN3O3/c1-19(2,3)26-18(25)23-10-7-15-14(11-23)12-5-4-6-13(16(12)22-15)17(24)21-9-8-20/h4-6,14-15,22H,7-11H2,1-3H3,(H,21,24)/t14-,15-/m1/s1. The predicted octanol–water partition coefficient (Wildman–Crippen LogP) is 3.17. The summed E-state index contributed by atoms with van der Waals surface area (Å²) < 4.78 is 5.51. The number of benzene rings is 1. The number of halogens is 1. The first-order valence-electron chi connectivity index (χ1n) is 9.01. The van der Waals surface area contributed by atoms with Crippen molar-refractivity contribution < 1.29 is 14.3 Å². The van der Waals surface area contributed by atoms with Crippen LogP contribution in [0.25, 0.3) is 0 Å². The van der Waals surface area contributed by atoms with Crippen molar-refractivity contribution in [2.75, 3.05) is 30.8 Å². The highest BCUT2D eigenvalue weighted by atomic mass is 35.5. The van der Waals surface area contributed by atoms with Gasteiger partial charge in [0.1, 0.15) is 5.60 Å². The Balaban J connectivity index is 1.78. The quantitative estimate of drug-likeness (QED) is 0.791. The van der Waals surface area contributed by atoms with E-state index in [1.165, 1.54) is 0 Å². The van der Waals surface area contributed by atoms with Gasteiger partial charge >= 0.3 is 6.09 Å². The molecule has 2 atom stereocenters. The normalized spacial score (nSPS) is 21.5. The van der Waals surface area contributed by atoms with Crippen LogP contribution in [-0.2, 0) is 4.74 Å². The smallest absolute Gasteiger partial charge is 0.410 e. The number of fused-ring (bicyclic) bond motifs is 3. The summed E-state index contributed by atoms with van der Waals surface area (Å²) in [7, 11) is 0. The number of nitrogens with zero attached hydrogens (tertiary/aromatic N) is 1. The summed E-state index contributed by atoms with van der Waals surface area (Å²) in [5.41, 5.74) is 2.08. The van der Waals surface area contributed by atoms with Crippen LogP contribution in [0.15, 0.2) is 18.2 Å². The number of alkyl halides is 1. The third-order valence-electron chi connectivity index (χ3n) is 4.72. The van der Waals surface area contributed by atoms with Crippen molar-refractivity contribution in [2.45, 2.75) is 44.8 Å². The molecule has 2 N–H and O–H groups in total. The number of nitrogens with one attached hydrogen (secondary N) is 2.